The molecule has 0 atom stereocenters. The second-order valence-electron chi connectivity index (χ2n) is 9.92. The molecule has 0 bridgehead atoms. The van der Waals surface area contributed by atoms with Crippen molar-refractivity contribution in [3.05, 3.63) is 76.2 Å². The number of sulfonamides is 1. The fourth-order valence-corrected chi connectivity index (χ4v) is 6.17. The van der Waals surface area contributed by atoms with Crippen LogP contribution in [0.1, 0.15) is 35.1 Å². The lowest BCUT2D eigenvalue weighted by molar-refractivity contribution is 0.211. The molecular weight excluding hydrogens is 544 g/mol. The number of nitrogens with zero attached hydrogens (tertiary/aromatic N) is 4. The molecule has 0 unspecified atom stereocenters. The number of benzene rings is 2. The first-order valence-corrected chi connectivity index (χ1v) is 15.3. The maximum absolute atomic E-state index is 11.5. The average Bonchev–Trinajstić information content (AvgIpc) is 3.39. The summed E-state index contributed by atoms with van der Waals surface area (Å²) < 4.78 is 29.4. The number of hydrogen-bond donors (Lipinski definition) is 2. The van der Waals surface area contributed by atoms with Crippen molar-refractivity contribution in [3.63, 3.8) is 0 Å². The van der Waals surface area contributed by atoms with Crippen LogP contribution in [0.3, 0.4) is 0 Å². The summed E-state index contributed by atoms with van der Waals surface area (Å²) in [6, 6.07) is 14.9. The minimum atomic E-state index is -3.68. The van der Waals surface area contributed by atoms with E-state index in [0.717, 1.165) is 70.7 Å². The van der Waals surface area contributed by atoms with Gasteiger partial charge in [0.15, 0.2) is 0 Å². The monoisotopic (exact) mass is 574 g/mol. The van der Waals surface area contributed by atoms with E-state index in [2.05, 4.69) is 10.2 Å². The quantitative estimate of drug-likeness (QED) is 0.269. The molecule has 0 amide bonds. The topological polar surface area (TPSA) is 134 Å². The average molecular weight is 575 g/mol. The molecule has 11 heteroatoms. The molecule has 9 nitrogen and oxygen atoms in total. The maximum Gasteiger partial charge on any atom is 0.238 e. The van der Waals surface area contributed by atoms with Crippen LogP contribution in [0, 0.1) is 25.2 Å². The normalized spacial score (nSPS) is 14.9. The van der Waals surface area contributed by atoms with Crippen molar-refractivity contribution < 1.29 is 13.2 Å². The molecule has 1 saturated heterocycles. The minimum Gasteiger partial charge on any atom is -0.438 e. The zero-order chi connectivity index (χ0) is 28.3. The van der Waals surface area contributed by atoms with E-state index in [-0.39, 0.29) is 10.9 Å². The number of thiophene rings is 1. The highest BCUT2D eigenvalue weighted by molar-refractivity contribution is 7.89. The van der Waals surface area contributed by atoms with Gasteiger partial charge in [-0.3, -0.25) is 4.90 Å². The predicted molar refractivity (Wildman–Crippen MR) is 158 cm³/mol. The van der Waals surface area contributed by atoms with E-state index < -0.39 is 10.0 Å². The van der Waals surface area contributed by atoms with Crippen LogP contribution < -0.4 is 15.2 Å². The lowest BCUT2D eigenvalue weighted by Crippen LogP contribution is -2.39. The molecule has 4 aromatic rings. The molecule has 5 rings (SSSR count). The second-order valence-corrected chi connectivity index (χ2v) is 12.4. The zero-order valence-electron chi connectivity index (χ0n) is 22.3. The Labute approximate surface area is 238 Å². The number of aromatic nitrogens is 2. The van der Waals surface area contributed by atoms with Crippen LogP contribution in [0.5, 0.6) is 11.6 Å². The van der Waals surface area contributed by atoms with Gasteiger partial charge in [-0.15, -0.1) is 11.3 Å². The number of fused-ring (bicyclic) bond motifs is 1. The van der Waals surface area contributed by atoms with Crippen molar-refractivity contribution in [2.75, 3.05) is 18.4 Å². The highest BCUT2D eigenvalue weighted by atomic mass is 32.2. The number of likely N-dealkylation sites (tertiary alicyclic amines) is 1. The number of aryl methyl sites for hydroxylation is 2. The molecule has 2 aromatic carbocycles. The van der Waals surface area contributed by atoms with Gasteiger partial charge in [0.25, 0.3) is 0 Å². The van der Waals surface area contributed by atoms with Crippen LogP contribution in [-0.2, 0) is 16.6 Å². The van der Waals surface area contributed by atoms with Gasteiger partial charge in [0.1, 0.15) is 10.6 Å². The lowest BCUT2D eigenvalue weighted by atomic mass is 10.0. The van der Waals surface area contributed by atoms with Crippen molar-refractivity contribution in [2.24, 2.45) is 5.14 Å². The molecule has 3 N–H and O–H groups in total. The Morgan fingerprint density at radius 3 is 2.50 bits per heavy atom. The first-order valence-electron chi connectivity index (χ1n) is 12.9. The van der Waals surface area contributed by atoms with Crippen molar-refractivity contribution in [2.45, 2.75) is 44.2 Å². The number of rotatable bonds is 8. The largest absolute Gasteiger partial charge is 0.438 e. The van der Waals surface area contributed by atoms with Crippen molar-refractivity contribution in [1.29, 1.82) is 5.26 Å². The molecule has 0 aliphatic carbocycles. The van der Waals surface area contributed by atoms with Crippen LogP contribution in [0.2, 0.25) is 0 Å². The van der Waals surface area contributed by atoms with Crippen LogP contribution in [-0.4, -0.2) is 42.4 Å². The van der Waals surface area contributed by atoms with E-state index in [1.54, 1.807) is 29.5 Å². The third-order valence-electron chi connectivity index (χ3n) is 6.90. The molecule has 0 radical (unpaired) electrons. The number of allylic oxidation sites excluding steroid dienone is 1. The second kappa shape index (κ2) is 11.7. The number of piperidine rings is 1. The standard InChI is InChI=1S/C29H30N6O3S2/c1-19-16-22(4-3-12-30)17-20(2)26(19)38-27-25-11-15-39-28(25)34-29(33-27)32-23-9-13-35(14-10-23)18-21-5-7-24(8-6-21)40(31,36)37/h3-8,11,15-17,23H,9-10,13-14,18H2,1-2H3,(H2,31,36,37)(H,32,33,34)/b4-3+. The number of primary sulfonamides is 1. The highest BCUT2D eigenvalue weighted by Crippen LogP contribution is 2.35. The van der Waals surface area contributed by atoms with Crippen LogP contribution in [0.4, 0.5) is 5.95 Å². The Hall–Kier alpha value is -3.82. The molecule has 40 heavy (non-hydrogen) atoms. The van der Waals surface area contributed by atoms with Gasteiger partial charge in [0.05, 0.1) is 16.4 Å². The van der Waals surface area contributed by atoms with Gasteiger partial charge in [-0.05, 0) is 90.7 Å². The molecule has 2 aromatic heterocycles. The number of nitriles is 1. The maximum atomic E-state index is 11.5. The summed E-state index contributed by atoms with van der Waals surface area (Å²) in [7, 11) is -3.68. The summed E-state index contributed by atoms with van der Waals surface area (Å²) in [5.41, 5.74) is 3.91. The van der Waals surface area contributed by atoms with E-state index in [0.29, 0.717) is 11.8 Å². The predicted octanol–water partition coefficient (Wildman–Crippen LogP) is 5.36. The Bertz CT molecular complexity index is 1680. The Kier molecular flexibility index (Phi) is 8.14. The summed E-state index contributed by atoms with van der Waals surface area (Å²) in [5.74, 6) is 1.81. The molecule has 0 spiro atoms. The number of hydrogen-bond acceptors (Lipinski definition) is 9. The first kappa shape index (κ1) is 27.7. The fourth-order valence-electron chi connectivity index (χ4n) is 4.90. The van der Waals surface area contributed by atoms with Crippen molar-refractivity contribution in [1.82, 2.24) is 14.9 Å². The third kappa shape index (κ3) is 6.48. The summed E-state index contributed by atoms with van der Waals surface area (Å²) in [5, 5.41) is 20.4. The summed E-state index contributed by atoms with van der Waals surface area (Å²) in [6.07, 6.45) is 5.09. The minimum absolute atomic E-state index is 0.125. The van der Waals surface area contributed by atoms with E-state index in [4.69, 9.17) is 25.1 Å². The number of nitrogens with two attached hydrogens (primary N) is 1. The number of ether oxygens (including phenoxy) is 1. The number of anilines is 1. The van der Waals surface area contributed by atoms with E-state index in [1.807, 2.05) is 55.6 Å². The molecule has 1 fully saturated rings. The summed E-state index contributed by atoms with van der Waals surface area (Å²) in [6.45, 7) is 6.50. The number of nitrogens with one attached hydrogen (secondary N) is 1. The van der Waals surface area contributed by atoms with E-state index in [1.165, 1.54) is 6.08 Å². The van der Waals surface area contributed by atoms with Gasteiger partial charge >= 0.3 is 0 Å². The summed E-state index contributed by atoms with van der Waals surface area (Å²) >= 11 is 1.55. The van der Waals surface area contributed by atoms with Gasteiger partial charge in [-0.1, -0.05) is 12.1 Å². The molecule has 1 aliphatic heterocycles. The van der Waals surface area contributed by atoms with Gasteiger partial charge in [-0.25, -0.2) is 18.5 Å². The van der Waals surface area contributed by atoms with Crippen LogP contribution in [0.15, 0.2) is 58.8 Å². The lowest BCUT2D eigenvalue weighted by Gasteiger charge is -2.32. The molecular formula is C29H30N6O3S2. The third-order valence-corrected chi connectivity index (χ3v) is 8.64. The van der Waals surface area contributed by atoms with E-state index >= 15 is 0 Å². The zero-order valence-corrected chi connectivity index (χ0v) is 23.9. The van der Waals surface area contributed by atoms with Gasteiger partial charge in [0, 0.05) is 31.8 Å². The molecule has 0 saturated carbocycles. The SMILES string of the molecule is Cc1cc(/C=C/C#N)cc(C)c1Oc1nc(NC2CCN(Cc3ccc(S(N)(=O)=O)cc3)CC2)nc2sccc12. The molecule has 206 valence electrons. The molecule has 1 aliphatic rings. The summed E-state index contributed by atoms with van der Waals surface area (Å²) in [4.78, 5) is 12.8. The Morgan fingerprint density at radius 1 is 1.15 bits per heavy atom. The fraction of sp³-hybridized carbons (Fsp3) is 0.276. The van der Waals surface area contributed by atoms with Gasteiger partial charge in [-0.2, -0.15) is 10.2 Å². The Morgan fingerprint density at radius 2 is 1.85 bits per heavy atom. The van der Waals surface area contributed by atoms with Crippen molar-refractivity contribution >= 4 is 43.6 Å². The molecule has 3 heterocycles. The van der Waals surface area contributed by atoms with Crippen molar-refractivity contribution in [3.8, 4) is 17.7 Å². The van der Waals surface area contributed by atoms with E-state index in [9.17, 15) is 8.42 Å². The van der Waals surface area contributed by atoms with Gasteiger partial charge in [0.2, 0.25) is 21.9 Å². The highest BCUT2D eigenvalue weighted by Gasteiger charge is 2.22. The first-order chi connectivity index (χ1) is 19.2. The van der Waals surface area contributed by atoms with Gasteiger partial charge < -0.3 is 10.1 Å². The van der Waals surface area contributed by atoms with Crippen LogP contribution in [0.25, 0.3) is 16.3 Å². The van der Waals surface area contributed by atoms with Crippen LogP contribution >= 0.6 is 11.3 Å². The smallest absolute Gasteiger partial charge is 0.238 e. The Balaban J connectivity index is 1.26.